The molecule has 0 heterocycles. The molecule has 0 spiro atoms. The molecule has 0 bridgehead atoms. The summed E-state index contributed by atoms with van der Waals surface area (Å²) >= 11 is 0. The Morgan fingerprint density at radius 2 is 0.567 bits per heavy atom. The molecule has 0 saturated carbocycles. The Bertz CT molecular complexity index is 936. The molecule has 3 N–H and O–H groups in total. The first-order chi connectivity index (χ1) is 33.2. The topological polar surface area (TPSA) is 69.6 Å². The van der Waals surface area contributed by atoms with E-state index in [0.717, 1.165) is 25.7 Å². The van der Waals surface area contributed by atoms with E-state index in [9.17, 15) is 15.0 Å². The van der Waals surface area contributed by atoms with Crippen LogP contribution in [0.4, 0.5) is 0 Å². The second-order valence-corrected chi connectivity index (χ2v) is 21.8. The minimum Gasteiger partial charge on any atom is -0.394 e. The number of carbonyl (C=O) groups is 1. The third-order valence-electron chi connectivity index (χ3n) is 15.0. The number of hydrogen-bond acceptors (Lipinski definition) is 3. The predicted molar refractivity (Wildman–Crippen MR) is 299 cm³/mol. The van der Waals surface area contributed by atoms with Crippen molar-refractivity contribution < 1.29 is 15.0 Å². The van der Waals surface area contributed by atoms with Crippen LogP contribution in [0.15, 0.2) is 12.2 Å². The van der Waals surface area contributed by atoms with Crippen LogP contribution in [0.5, 0.6) is 0 Å². The van der Waals surface area contributed by atoms with Crippen LogP contribution in [0.1, 0.15) is 367 Å². The molecule has 0 saturated heterocycles. The van der Waals surface area contributed by atoms with E-state index in [0.29, 0.717) is 12.8 Å². The van der Waals surface area contributed by atoms with E-state index < -0.39 is 12.1 Å². The maximum absolute atomic E-state index is 12.5. The van der Waals surface area contributed by atoms with Gasteiger partial charge in [0.25, 0.3) is 0 Å². The van der Waals surface area contributed by atoms with Crippen molar-refractivity contribution in [3.05, 3.63) is 12.2 Å². The zero-order chi connectivity index (χ0) is 48.5. The molecule has 2 unspecified atom stereocenters. The normalized spacial score (nSPS) is 12.7. The molecule has 1 amide bonds. The molecule has 0 aliphatic heterocycles. The standard InChI is InChI=1S/C63H125NO3/c1-3-5-7-9-11-13-15-17-19-21-22-23-24-25-26-27-28-29-30-31-32-33-34-35-36-37-38-39-40-41-42-43-45-47-49-51-53-55-57-59-63(67)64-61(60-65)62(66)58-56-54-52-50-48-46-44-20-18-16-14-12-10-8-6-4-2/h21-22,61-62,65-66H,3-20,23-60H2,1-2H3,(H,64,67)/b22-21-. The molecular weight excluding hydrogens is 819 g/mol. The highest BCUT2D eigenvalue weighted by Crippen LogP contribution is 2.19. The van der Waals surface area contributed by atoms with Gasteiger partial charge in [-0.15, -0.1) is 0 Å². The summed E-state index contributed by atoms with van der Waals surface area (Å²) in [5, 5.41) is 23.3. The van der Waals surface area contributed by atoms with Crippen LogP contribution in [-0.4, -0.2) is 34.9 Å². The van der Waals surface area contributed by atoms with Crippen molar-refractivity contribution in [3.8, 4) is 0 Å². The molecule has 0 aromatic heterocycles. The largest absolute Gasteiger partial charge is 0.394 e. The van der Waals surface area contributed by atoms with Crippen LogP contribution in [0.2, 0.25) is 0 Å². The van der Waals surface area contributed by atoms with Gasteiger partial charge in [0.2, 0.25) is 5.91 Å². The molecule has 0 radical (unpaired) electrons. The van der Waals surface area contributed by atoms with E-state index in [1.165, 1.54) is 315 Å². The summed E-state index contributed by atoms with van der Waals surface area (Å²) in [4.78, 5) is 12.5. The molecular formula is C63H125NO3. The summed E-state index contributed by atoms with van der Waals surface area (Å²) in [6.45, 7) is 4.40. The quantitative estimate of drug-likeness (QED) is 0.0420. The molecule has 0 aliphatic rings. The average molecular weight is 945 g/mol. The first-order valence-electron chi connectivity index (χ1n) is 31.4. The number of amides is 1. The molecule has 0 fully saturated rings. The van der Waals surface area contributed by atoms with Gasteiger partial charge in [0.05, 0.1) is 18.8 Å². The van der Waals surface area contributed by atoms with E-state index in [-0.39, 0.29) is 12.5 Å². The lowest BCUT2D eigenvalue weighted by Crippen LogP contribution is -2.45. The smallest absolute Gasteiger partial charge is 0.220 e. The maximum atomic E-state index is 12.5. The Kier molecular flexibility index (Phi) is 58.7. The van der Waals surface area contributed by atoms with Crippen LogP contribution >= 0.6 is 0 Å². The summed E-state index contributed by atoms with van der Waals surface area (Å²) < 4.78 is 0. The fraction of sp³-hybridized carbons (Fsp3) is 0.952. The van der Waals surface area contributed by atoms with Gasteiger partial charge < -0.3 is 15.5 Å². The monoisotopic (exact) mass is 944 g/mol. The first kappa shape index (κ1) is 66.1. The second-order valence-electron chi connectivity index (χ2n) is 21.8. The molecule has 4 heteroatoms. The summed E-state index contributed by atoms with van der Waals surface area (Å²) in [6, 6.07) is -0.532. The lowest BCUT2D eigenvalue weighted by molar-refractivity contribution is -0.123. The van der Waals surface area contributed by atoms with Crippen LogP contribution in [0.25, 0.3) is 0 Å². The van der Waals surface area contributed by atoms with Crippen LogP contribution < -0.4 is 5.32 Å². The first-order valence-corrected chi connectivity index (χ1v) is 31.4. The van der Waals surface area contributed by atoms with Gasteiger partial charge in [0.1, 0.15) is 0 Å². The van der Waals surface area contributed by atoms with Crippen LogP contribution in [-0.2, 0) is 4.79 Å². The third kappa shape index (κ3) is 55.9. The summed E-state index contributed by atoms with van der Waals surface area (Å²) in [5.41, 5.74) is 0. The fourth-order valence-electron chi connectivity index (χ4n) is 10.2. The fourth-order valence-corrected chi connectivity index (χ4v) is 10.2. The van der Waals surface area contributed by atoms with Gasteiger partial charge in [0, 0.05) is 6.42 Å². The van der Waals surface area contributed by atoms with E-state index in [1.54, 1.807) is 0 Å². The zero-order valence-corrected chi connectivity index (χ0v) is 46.2. The Labute approximate surface area is 422 Å². The summed E-state index contributed by atoms with van der Waals surface area (Å²) in [5.74, 6) is -0.0227. The zero-order valence-electron chi connectivity index (χ0n) is 46.2. The molecule has 0 aliphatic carbocycles. The highest BCUT2D eigenvalue weighted by molar-refractivity contribution is 5.76. The second kappa shape index (κ2) is 59.4. The van der Waals surface area contributed by atoms with Gasteiger partial charge >= 0.3 is 0 Å². The van der Waals surface area contributed by atoms with E-state index in [2.05, 4.69) is 31.3 Å². The van der Waals surface area contributed by atoms with E-state index in [1.807, 2.05) is 0 Å². The minimum absolute atomic E-state index is 0.0227. The lowest BCUT2D eigenvalue weighted by atomic mass is 10.0. The van der Waals surface area contributed by atoms with Crippen molar-refractivity contribution in [2.45, 2.75) is 379 Å². The third-order valence-corrected chi connectivity index (χ3v) is 15.0. The van der Waals surface area contributed by atoms with Gasteiger partial charge in [-0.25, -0.2) is 0 Å². The van der Waals surface area contributed by atoms with Gasteiger partial charge in [0.15, 0.2) is 0 Å². The van der Waals surface area contributed by atoms with Crippen molar-refractivity contribution in [1.82, 2.24) is 5.32 Å². The number of hydrogen-bond donors (Lipinski definition) is 3. The number of allylic oxidation sites excluding steroid dienone is 2. The molecule has 0 aromatic rings. The van der Waals surface area contributed by atoms with Crippen molar-refractivity contribution in [3.63, 3.8) is 0 Å². The molecule has 0 aromatic carbocycles. The van der Waals surface area contributed by atoms with Crippen LogP contribution in [0, 0.1) is 0 Å². The Morgan fingerprint density at radius 3 is 0.821 bits per heavy atom. The highest BCUT2D eigenvalue weighted by Gasteiger charge is 2.20. The summed E-state index contributed by atoms with van der Waals surface area (Å²) in [6.07, 6.45) is 78.2. The van der Waals surface area contributed by atoms with Crippen molar-refractivity contribution in [2.75, 3.05) is 6.61 Å². The number of nitrogens with one attached hydrogen (secondary N) is 1. The molecule has 67 heavy (non-hydrogen) atoms. The number of aliphatic hydroxyl groups excluding tert-OH is 2. The number of unbranched alkanes of at least 4 members (excludes halogenated alkanes) is 50. The Balaban J connectivity index is 3.33. The molecule has 4 nitrogen and oxygen atoms in total. The number of aliphatic hydroxyl groups is 2. The van der Waals surface area contributed by atoms with E-state index >= 15 is 0 Å². The van der Waals surface area contributed by atoms with Crippen molar-refractivity contribution in [2.24, 2.45) is 0 Å². The minimum atomic E-state index is -0.655. The number of carbonyl (C=O) groups excluding carboxylic acids is 1. The average Bonchev–Trinajstić information content (AvgIpc) is 3.33. The maximum Gasteiger partial charge on any atom is 0.220 e. The SMILES string of the molecule is CCCCCCCCCC/C=C\CCCCCCCCCCCCCCCCCCCCCCCCCCCCCC(=O)NC(CO)C(O)CCCCCCCCCCCCCCCCCC. The lowest BCUT2D eigenvalue weighted by Gasteiger charge is -2.22. The van der Waals surface area contributed by atoms with E-state index in [4.69, 9.17) is 0 Å². The highest BCUT2D eigenvalue weighted by atomic mass is 16.3. The van der Waals surface area contributed by atoms with Gasteiger partial charge in [-0.3, -0.25) is 4.79 Å². The molecule has 400 valence electrons. The van der Waals surface area contributed by atoms with Gasteiger partial charge in [-0.05, 0) is 38.5 Å². The Hall–Kier alpha value is -0.870. The van der Waals surface area contributed by atoms with Crippen molar-refractivity contribution in [1.29, 1.82) is 0 Å². The molecule has 2 atom stereocenters. The van der Waals surface area contributed by atoms with Gasteiger partial charge in [-0.2, -0.15) is 0 Å². The van der Waals surface area contributed by atoms with Crippen LogP contribution in [0.3, 0.4) is 0 Å². The van der Waals surface area contributed by atoms with Gasteiger partial charge in [-0.1, -0.05) is 334 Å². The number of rotatable bonds is 59. The summed E-state index contributed by atoms with van der Waals surface area (Å²) in [7, 11) is 0. The Morgan fingerprint density at radius 1 is 0.343 bits per heavy atom. The predicted octanol–water partition coefficient (Wildman–Crippen LogP) is 20.9. The van der Waals surface area contributed by atoms with Crippen molar-refractivity contribution >= 4 is 5.91 Å². The molecule has 0 rings (SSSR count).